The van der Waals surface area contributed by atoms with E-state index in [0.717, 1.165) is 26.1 Å². The fourth-order valence-electron chi connectivity index (χ4n) is 2.24. The van der Waals surface area contributed by atoms with Crippen molar-refractivity contribution in [1.29, 1.82) is 0 Å². The normalized spacial score (nSPS) is 15.9. The first-order chi connectivity index (χ1) is 9.15. The Hall–Kier alpha value is -1.23. The summed E-state index contributed by atoms with van der Waals surface area (Å²) in [4.78, 5) is 24.8. The molecule has 0 spiro atoms. The average Bonchev–Trinajstić information content (AvgIpc) is 2.41. The molecule has 5 nitrogen and oxygen atoms in total. The highest BCUT2D eigenvalue weighted by Crippen LogP contribution is 2.16. The van der Waals surface area contributed by atoms with Crippen LogP contribution in [-0.4, -0.2) is 49.1 Å². The van der Waals surface area contributed by atoms with Gasteiger partial charge in [0.2, 0.25) is 11.8 Å². The fourth-order valence-corrected chi connectivity index (χ4v) is 2.24. The quantitative estimate of drug-likeness (QED) is 0.552. The summed E-state index contributed by atoms with van der Waals surface area (Å²) in [6, 6.07) is 0.264. The van der Waals surface area contributed by atoms with Gasteiger partial charge in [-0.05, 0) is 19.3 Å². The first kappa shape index (κ1) is 15.8. The van der Waals surface area contributed by atoms with Crippen molar-refractivity contribution < 1.29 is 14.3 Å². The Balaban J connectivity index is 2.36. The number of rotatable bonds is 7. The molecule has 1 aliphatic heterocycles. The number of carbonyl (C=O) groups is 2. The van der Waals surface area contributed by atoms with Crippen LogP contribution in [0.3, 0.4) is 0 Å². The van der Waals surface area contributed by atoms with Crippen molar-refractivity contribution in [2.24, 2.45) is 0 Å². The number of carbonyl (C=O) groups excluding carboxylic acids is 2. The second kappa shape index (κ2) is 8.80. The van der Waals surface area contributed by atoms with E-state index in [2.05, 4.69) is 12.2 Å². The molecule has 1 N–H and O–H groups in total. The van der Waals surface area contributed by atoms with Crippen LogP contribution in [0.15, 0.2) is 0 Å². The lowest BCUT2D eigenvalue weighted by atomic mass is 10.1. The Morgan fingerprint density at radius 3 is 2.68 bits per heavy atom. The molecule has 2 amide bonds. The first-order valence-corrected chi connectivity index (χ1v) is 6.87. The maximum absolute atomic E-state index is 12.2. The summed E-state index contributed by atoms with van der Waals surface area (Å²) in [5.74, 6) is 0.0805. The second-order valence-electron chi connectivity index (χ2n) is 4.76. The fraction of sp³-hybridized carbons (Fsp3) is 0.714. The molecule has 0 aromatic heterocycles. The van der Waals surface area contributed by atoms with E-state index < -0.39 is 0 Å². The molecule has 0 aromatic carbocycles. The van der Waals surface area contributed by atoms with Gasteiger partial charge in [-0.25, -0.2) is 0 Å². The van der Waals surface area contributed by atoms with Crippen molar-refractivity contribution in [2.75, 3.05) is 26.3 Å². The van der Waals surface area contributed by atoms with Crippen molar-refractivity contribution in [3.63, 3.8) is 0 Å². The predicted octanol–water partition coefficient (Wildman–Crippen LogP) is 0.949. The summed E-state index contributed by atoms with van der Waals surface area (Å²) in [6.45, 7) is 7.77. The maximum Gasteiger partial charge on any atom is 0.226 e. The summed E-state index contributed by atoms with van der Waals surface area (Å²) in [5, 5.41) is 2.70. The monoisotopic (exact) mass is 268 g/mol. The minimum absolute atomic E-state index is 0.0557. The Bertz CT molecular complexity index is 288. The molecule has 0 saturated carbocycles. The SMILES string of the molecule is [CH2-][CH+]CN(C(=O)CCCNC(C)=O)C1CCOCC1. The van der Waals surface area contributed by atoms with Crippen LogP contribution in [0.2, 0.25) is 0 Å². The van der Waals surface area contributed by atoms with Gasteiger partial charge < -0.3 is 15.0 Å². The van der Waals surface area contributed by atoms with E-state index in [0.29, 0.717) is 25.9 Å². The standard InChI is InChI=1S/C14H24N2O3/c1-3-9-16(13-6-10-19-11-7-13)14(18)5-4-8-15-12(2)17/h3,13H,1,4-11H2,2H3,(H,15,17). The molecule has 0 aromatic rings. The highest BCUT2D eigenvalue weighted by atomic mass is 16.5. The third-order valence-corrected chi connectivity index (χ3v) is 3.22. The van der Waals surface area contributed by atoms with Gasteiger partial charge in [0, 0.05) is 39.1 Å². The minimum atomic E-state index is -0.0557. The lowest BCUT2D eigenvalue weighted by molar-refractivity contribution is -0.135. The second-order valence-corrected chi connectivity index (χ2v) is 4.76. The molecule has 1 aliphatic rings. The van der Waals surface area contributed by atoms with E-state index in [9.17, 15) is 9.59 Å². The number of amides is 2. The Labute approximate surface area is 115 Å². The molecule has 0 bridgehead atoms. The van der Waals surface area contributed by atoms with Gasteiger partial charge >= 0.3 is 0 Å². The molecule has 0 aliphatic carbocycles. The Morgan fingerprint density at radius 1 is 1.42 bits per heavy atom. The van der Waals surface area contributed by atoms with Crippen LogP contribution < -0.4 is 5.32 Å². The molecular formula is C14H24N2O3. The molecule has 19 heavy (non-hydrogen) atoms. The van der Waals surface area contributed by atoms with Crippen LogP contribution in [0.25, 0.3) is 0 Å². The highest BCUT2D eigenvalue weighted by molar-refractivity contribution is 5.77. The molecule has 1 saturated heterocycles. The summed E-state index contributed by atoms with van der Waals surface area (Å²) in [7, 11) is 0. The van der Waals surface area contributed by atoms with Gasteiger partial charge in [0.1, 0.15) is 6.54 Å². The molecular weight excluding hydrogens is 244 g/mol. The van der Waals surface area contributed by atoms with Gasteiger partial charge in [-0.1, -0.05) is 6.42 Å². The highest BCUT2D eigenvalue weighted by Gasteiger charge is 2.25. The van der Waals surface area contributed by atoms with Gasteiger partial charge in [-0.3, -0.25) is 9.59 Å². The molecule has 108 valence electrons. The molecule has 0 radical (unpaired) electrons. The molecule has 1 heterocycles. The lowest BCUT2D eigenvalue weighted by Gasteiger charge is -2.32. The lowest BCUT2D eigenvalue weighted by Crippen LogP contribution is -2.44. The van der Waals surface area contributed by atoms with Crippen LogP contribution in [0.4, 0.5) is 0 Å². The maximum atomic E-state index is 12.2. The zero-order chi connectivity index (χ0) is 14.1. The van der Waals surface area contributed by atoms with E-state index in [1.165, 1.54) is 6.92 Å². The number of nitrogens with zero attached hydrogens (tertiary/aromatic N) is 1. The first-order valence-electron chi connectivity index (χ1n) is 6.87. The molecule has 0 atom stereocenters. The third-order valence-electron chi connectivity index (χ3n) is 3.22. The summed E-state index contributed by atoms with van der Waals surface area (Å²) in [5.41, 5.74) is 0. The van der Waals surface area contributed by atoms with Crippen molar-refractivity contribution in [1.82, 2.24) is 10.2 Å². The molecule has 1 fully saturated rings. The van der Waals surface area contributed by atoms with Crippen LogP contribution in [0, 0.1) is 13.3 Å². The van der Waals surface area contributed by atoms with E-state index in [1.54, 1.807) is 6.42 Å². The van der Waals surface area contributed by atoms with Crippen LogP contribution >= 0.6 is 0 Å². The predicted molar refractivity (Wildman–Crippen MR) is 73.1 cm³/mol. The van der Waals surface area contributed by atoms with Crippen LogP contribution in [-0.2, 0) is 14.3 Å². The number of ether oxygens (including phenoxy) is 1. The van der Waals surface area contributed by atoms with E-state index in [1.807, 2.05) is 4.90 Å². The summed E-state index contributed by atoms with van der Waals surface area (Å²) >= 11 is 0. The topological polar surface area (TPSA) is 58.6 Å². The zero-order valence-corrected chi connectivity index (χ0v) is 11.7. The number of hydrogen-bond acceptors (Lipinski definition) is 3. The zero-order valence-electron chi connectivity index (χ0n) is 11.7. The Kier molecular flexibility index (Phi) is 7.33. The van der Waals surface area contributed by atoms with E-state index in [4.69, 9.17) is 4.74 Å². The van der Waals surface area contributed by atoms with Crippen LogP contribution in [0.5, 0.6) is 0 Å². The Morgan fingerprint density at radius 2 is 2.11 bits per heavy atom. The van der Waals surface area contributed by atoms with Gasteiger partial charge in [-0.15, -0.1) is 6.92 Å². The van der Waals surface area contributed by atoms with Gasteiger partial charge in [-0.2, -0.15) is 0 Å². The average molecular weight is 268 g/mol. The van der Waals surface area contributed by atoms with E-state index >= 15 is 0 Å². The van der Waals surface area contributed by atoms with Crippen molar-refractivity contribution in [3.8, 4) is 0 Å². The minimum Gasteiger partial charge on any atom is -0.381 e. The van der Waals surface area contributed by atoms with Crippen molar-refractivity contribution in [2.45, 2.75) is 38.6 Å². The van der Waals surface area contributed by atoms with Gasteiger partial charge in [0.25, 0.3) is 0 Å². The van der Waals surface area contributed by atoms with Crippen LogP contribution in [0.1, 0.15) is 32.6 Å². The van der Waals surface area contributed by atoms with Crippen molar-refractivity contribution >= 4 is 11.8 Å². The molecule has 1 rings (SSSR count). The molecule has 5 heteroatoms. The van der Waals surface area contributed by atoms with E-state index in [-0.39, 0.29) is 17.9 Å². The summed E-state index contributed by atoms with van der Waals surface area (Å²) in [6.07, 6.45) is 4.69. The van der Waals surface area contributed by atoms with Crippen molar-refractivity contribution in [3.05, 3.63) is 13.3 Å². The largest absolute Gasteiger partial charge is 0.381 e. The van der Waals surface area contributed by atoms with Gasteiger partial charge in [0.15, 0.2) is 0 Å². The molecule has 0 unspecified atom stereocenters. The smallest absolute Gasteiger partial charge is 0.226 e. The number of hydrogen-bond donors (Lipinski definition) is 1. The third kappa shape index (κ3) is 5.96. The summed E-state index contributed by atoms with van der Waals surface area (Å²) < 4.78 is 5.32. The van der Waals surface area contributed by atoms with Gasteiger partial charge in [0.05, 0.1) is 0 Å². The number of nitrogens with one attached hydrogen (secondary N) is 1.